The molecule has 0 radical (unpaired) electrons. The lowest BCUT2D eigenvalue weighted by atomic mass is 9.88. The molecule has 1 aromatic heterocycles. The van der Waals surface area contributed by atoms with E-state index in [-0.39, 0.29) is 29.4 Å². The van der Waals surface area contributed by atoms with E-state index in [1.807, 2.05) is 20.9 Å². The lowest BCUT2D eigenvalue weighted by Gasteiger charge is -2.24. The zero-order valence-corrected chi connectivity index (χ0v) is 16.7. The molecule has 0 unspecified atom stereocenters. The van der Waals surface area contributed by atoms with Gasteiger partial charge in [-0.2, -0.15) is 0 Å². The predicted octanol–water partition coefficient (Wildman–Crippen LogP) is 2.67. The van der Waals surface area contributed by atoms with Crippen molar-refractivity contribution < 1.29 is 14.0 Å². The Morgan fingerprint density at radius 1 is 1.23 bits per heavy atom. The third-order valence-corrected chi connectivity index (χ3v) is 5.33. The molecule has 1 saturated carbocycles. The Morgan fingerprint density at radius 2 is 1.96 bits per heavy atom. The average Bonchev–Trinajstić information content (AvgIpc) is 3.10. The molecule has 2 rings (SSSR count). The molecular weight excluding hydrogens is 352 g/mol. The van der Waals surface area contributed by atoms with Crippen molar-refractivity contribution in [3.63, 3.8) is 0 Å². The second-order valence-electron chi connectivity index (χ2n) is 7.22. The van der Waals surface area contributed by atoms with Crippen LogP contribution in [0.1, 0.15) is 63.1 Å². The number of carbonyl (C=O) groups excluding carboxylic acids is 2. The number of hydrogen-bond donors (Lipinski definition) is 2. The van der Waals surface area contributed by atoms with Crippen LogP contribution < -0.4 is 10.6 Å². The number of thioether (sulfide) groups is 1. The number of rotatable bonds is 10. The maximum atomic E-state index is 12.8. The summed E-state index contributed by atoms with van der Waals surface area (Å²) in [5, 5.41) is 14.2. The first-order valence-corrected chi connectivity index (χ1v) is 10.4. The van der Waals surface area contributed by atoms with Crippen molar-refractivity contribution in [1.82, 2.24) is 20.8 Å². The molecule has 146 valence electrons. The van der Waals surface area contributed by atoms with Crippen LogP contribution in [0, 0.1) is 11.8 Å². The lowest BCUT2D eigenvalue weighted by molar-refractivity contribution is -0.126. The number of nitrogens with zero attached hydrogens (tertiary/aromatic N) is 2. The topological polar surface area (TPSA) is 97.1 Å². The van der Waals surface area contributed by atoms with E-state index in [0.717, 1.165) is 38.0 Å². The zero-order chi connectivity index (χ0) is 18.9. The molecule has 0 aliphatic heterocycles. The fraction of sp³-hybridized carbons (Fsp3) is 0.778. The summed E-state index contributed by atoms with van der Waals surface area (Å²) in [5.74, 6) is 0.721. The van der Waals surface area contributed by atoms with Gasteiger partial charge in [-0.3, -0.25) is 9.59 Å². The molecule has 0 spiro atoms. The third-order valence-electron chi connectivity index (χ3n) is 4.51. The van der Waals surface area contributed by atoms with Crippen molar-refractivity contribution >= 4 is 23.5 Å². The second kappa shape index (κ2) is 10.7. The van der Waals surface area contributed by atoms with Crippen LogP contribution in [0.15, 0.2) is 9.64 Å². The van der Waals surface area contributed by atoms with Crippen LogP contribution in [-0.4, -0.2) is 47.3 Å². The normalized spacial score (nSPS) is 16.6. The van der Waals surface area contributed by atoms with Gasteiger partial charge < -0.3 is 15.1 Å². The van der Waals surface area contributed by atoms with Crippen molar-refractivity contribution in [1.29, 1.82) is 0 Å². The van der Waals surface area contributed by atoms with E-state index in [1.54, 1.807) is 0 Å². The average molecular weight is 383 g/mol. The summed E-state index contributed by atoms with van der Waals surface area (Å²) < 4.78 is 5.49. The van der Waals surface area contributed by atoms with Gasteiger partial charge >= 0.3 is 0 Å². The van der Waals surface area contributed by atoms with E-state index in [0.29, 0.717) is 11.6 Å². The van der Waals surface area contributed by atoms with Crippen LogP contribution in [0.5, 0.6) is 0 Å². The predicted molar refractivity (Wildman–Crippen MR) is 101 cm³/mol. The molecule has 0 aromatic carbocycles. The van der Waals surface area contributed by atoms with Gasteiger partial charge in [-0.05, 0) is 32.2 Å². The highest BCUT2D eigenvalue weighted by Gasteiger charge is 2.30. The SMILES string of the molecule is CNCCSc1nnc(C(=O)[C@H](CC(C)C)NC(=O)C2CCCCC2)o1. The fourth-order valence-corrected chi connectivity index (χ4v) is 3.83. The highest BCUT2D eigenvalue weighted by molar-refractivity contribution is 7.99. The molecule has 1 atom stereocenters. The molecule has 0 saturated heterocycles. The zero-order valence-electron chi connectivity index (χ0n) is 15.9. The van der Waals surface area contributed by atoms with Crippen molar-refractivity contribution in [2.24, 2.45) is 11.8 Å². The molecule has 1 heterocycles. The van der Waals surface area contributed by atoms with E-state index < -0.39 is 6.04 Å². The van der Waals surface area contributed by atoms with Crippen LogP contribution in [0.25, 0.3) is 0 Å². The van der Waals surface area contributed by atoms with E-state index in [1.165, 1.54) is 18.2 Å². The lowest BCUT2D eigenvalue weighted by Crippen LogP contribution is -2.45. The fourth-order valence-electron chi connectivity index (χ4n) is 3.11. The van der Waals surface area contributed by atoms with Gasteiger partial charge in [0.15, 0.2) is 0 Å². The molecule has 1 amide bonds. The number of ketones is 1. The Kier molecular flexibility index (Phi) is 8.58. The Hall–Kier alpha value is -1.41. The highest BCUT2D eigenvalue weighted by atomic mass is 32.2. The van der Waals surface area contributed by atoms with Gasteiger partial charge in [-0.25, -0.2) is 0 Å². The summed E-state index contributed by atoms with van der Waals surface area (Å²) in [7, 11) is 1.87. The number of carbonyl (C=O) groups is 2. The molecule has 1 aliphatic rings. The standard InChI is InChI=1S/C18H30N4O3S/c1-12(2)11-14(20-16(24)13-7-5-4-6-8-13)15(23)17-21-22-18(25-17)26-10-9-19-3/h12-14,19H,4-11H2,1-3H3,(H,20,24)/t14-/m0/s1. The summed E-state index contributed by atoms with van der Waals surface area (Å²) in [6, 6.07) is -0.611. The van der Waals surface area contributed by atoms with Crippen molar-refractivity contribution in [3.05, 3.63) is 5.89 Å². The number of nitrogens with one attached hydrogen (secondary N) is 2. The van der Waals surface area contributed by atoms with Crippen LogP contribution in [-0.2, 0) is 4.79 Å². The number of Topliss-reactive ketones (excluding diaryl/α,β-unsaturated/α-hetero) is 1. The van der Waals surface area contributed by atoms with Crippen LogP contribution in [0.3, 0.4) is 0 Å². The smallest absolute Gasteiger partial charge is 0.286 e. The first kappa shape index (κ1) is 20.9. The minimum atomic E-state index is -0.611. The molecule has 26 heavy (non-hydrogen) atoms. The maximum Gasteiger partial charge on any atom is 0.286 e. The van der Waals surface area contributed by atoms with Crippen LogP contribution >= 0.6 is 11.8 Å². The first-order valence-electron chi connectivity index (χ1n) is 9.46. The van der Waals surface area contributed by atoms with E-state index in [9.17, 15) is 9.59 Å². The monoisotopic (exact) mass is 382 g/mol. The van der Waals surface area contributed by atoms with Crippen molar-refractivity contribution in [2.75, 3.05) is 19.3 Å². The van der Waals surface area contributed by atoms with Gasteiger partial charge in [0.2, 0.25) is 11.7 Å². The maximum absolute atomic E-state index is 12.8. The molecule has 0 bridgehead atoms. The Bertz CT molecular complexity index is 585. The van der Waals surface area contributed by atoms with Gasteiger partial charge in [0, 0.05) is 18.2 Å². The van der Waals surface area contributed by atoms with Gasteiger partial charge in [-0.15, -0.1) is 10.2 Å². The summed E-state index contributed by atoms with van der Waals surface area (Å²) in [6.07, 6.45) is 5.72. The van der Waals surface area contributed by atoms with Crippen molar-refractivity contribution in [3.8, 4) is 0 Å². The Labute approximate surface area is 159 Å². The first-order chi connectivity index (χ1) is 12.5. The number of hydrogen-bond acceptors (Lipinski definition) is 7. The van der Waals surface area contributed by atoms with Crippen LogP contribution in [0.4, 0.5) is 0 Å². The molecular formula is C18H30N4O3S. The highest BCUT2D eigenvalue weighted by Crippen LogP contribution is 2.24. The van der Waals surface area contributed by atoms with E-state index in [4.69, 9.17) is 4.42 Å². The molecule has 1 aromatic rings. The van der Waals surface area contributed by atoms with Gasteiger partial charge in [-0.1, -0.05) is 44.9 Å². The van der Waals surface area contributed by atoms with E-state index in [2.05, 4.69) is 20.8 Å². The number of aromatic nitrogens is 2. The molecule has 8 heteroatoms. The molecule has 7 nitrogen and oxygen atoms in total. The minimum Gasteiger partial charge on any atom is -0.408 e. The summed E-state index contributed by atoms with van der Waals surface area (Å²) in [6.45, 7) is 4.86. The van der Waals surface area contributed by atoms with Crippen LogP contribution in [0.2, 0.25) is 0 Å². The molecule has 2 N–H and O–H groups in total. The molecule has 1 fully saturated rings. The quantitative estimate of drug-likeness (QED) is 0.365. The van der Waals surface area contributed by atoms with Gasteiger partial charge in [0.25, 0.3) is 11.1 Å². The Balaban J connectivity index is 2.00. The third kappa shape index (κ3) is 6.39. The Morgan fingerprint density at radius 3 is 2.62 bits per heavy atom. The van der Waals surface area contributed by atoms with Gasteiger partial charge in [0.05, 0.1) is 6.04 Å². The summed E-state index contributed by atoms with van der Waals surface area (Å²) >= 11 is 1.40. The minimum absolute atomic E-state index is 0.0153. The largest absolute Gasteiger partial charge is 0.408 e. The van der Waals surface area contributed by atoms with Gasteiger partial charge in [0.1, 0.15) is 0 Å². The van der Waals surface area contributed by atoms with E-state index >= 15 is 0 Å². The van der Waals surface area contributed by atoms with Crippen molar-refractivity contribution in [2.45, 2.75) is 63.6 Å². The summed E-state index contributed by atoms with van der Waals surface area (Å²) in [4.78, 5) is 25.4. The second-order valence-corrected chi connectivity index (χ2v) is 8.26. The number of amides is 1. The molecule has 1 aliphatic carbocycles. The summed E-state index contributed by atoms with van der Waals surface area (Å²) in [5.41, 5.74) is 0.